The van der Waals surface area contributed by atoms with Gasteiger partial charge >= 0.3 is 12.1 Å². The minimum Gasteiger partial charge on any atom is -0.458 e. The molecule has 5 rings (SSSR count). The van der Waals surface area contributed by atoms with Crippen LogP contribution in [0, 0.1) is 23.7 Å². The van der Waals surface area contributed by atoms with Gasteiger partial charge in [-0.25, -0.2) is 9.78 Å². The number of ketones is 2. The average Bonchev–Trinajstić information content (AvgIpc) is 3.78. The molecule has 0 spiro atoms. The predicted molar refractivity (Wildman–Crippen MR) is 214 cm³/mol. The highest BCUT2D eigenvalue weighted by Gasteiger charge is 2.60. The molecule has 0 bridgehead atoms. The zero-order valence-corrected chi connectivity index (χ0v) is 36.1. The summed E-state index contributed by atoms with van der Waals surface area (Å²) in [6.07, 6.45) is 4.45. The number of amides is 1. The van der Waals surface area contributed by atoms with E-state index in [-0.39, 0.29) is 30.8 Å². The highest BCUT2D eigenvalue weighted by molar-refractivity contribution is 6.00. The minimum atomic E-state index is -1.40. The van der Waals surface area contributed by atoms with E-state index in [9.17, 15) is 24.3 Å². The zero-order valence-electron chi connectivity index (χ0n) is 36.1. The lowest BCUT2D eigenvalue weighted by Crippen LogP contribution is -2.60. The van der Waals surface area contributed by atoms with Gasteiger partial charge < -0.3 is 43.2 Å². The van der Waals surface area contributed by atoms with Crippen molar-refractivity contribution in [2.45, 2.75) is 148 Å². The number of ether oxygens (including phenoxy) is 5. The third kappa shape index (κ3) is 9.33. The number of rotatable bonds is 11. The van der Waals surface area contributed by atoms with Crippen molar-refractivity contribution in [3.8, 4) is 11.3 Å². The van der Waals surface area contributed by atoms with Crippen LogP contribution < -0.4 is 0 Å². The number of esters is 1. The normalized spacial score (nSPS) is 36.7. The Hall–Kier alpha value is -3.76. The second-order valence-corrected chi connectivity index (χ2v) is 17.3. The summed E-state index contributed by atoms with van der Waals surface area (Å²) in [6, 6.07) is 2.74. The standard InChI is InChI=1S/C43H65N5O10/c1-12-33-43(8)37(48(41(53)58-43)19-14-13-18-47-23-31(45-24-47)30-16-15-17-44-22-30)27(4)34(49)25(2)21-42(7,54-11)38(28(5)35(50)29(6)39(52)56-33)57-40-36(51)32(46(9)10)20-26(3)55-40/h15-17,22-29,32-33,36-38,40,51H,12-14,18-21H2,1-11H3/t25-,26-,27-,28+,29-,32+,33-,36-,37-,38-,40-,42+,43-/m1/s1. The number of fused-ring (bicyclic) bond motifs is 1. The van der Waals surface area contributed by atoms with Crippen LogP contribution in [0.1, 0.15) is 87.5 Å². The fourth-order valence-corrected chi connectivity index (χ4v) is 9.43. The van der Waals surface area contributed by atoms with Gasteiger partial charge in [0.25, 0.3) is 0 Å². The number of unbranched alkanes of at least 4 members (excludes halogenated alkanes) is 1. The van der Waals surface area contributed by atoms with Gasteiger partial charge in [-0.1, -0.05) is 27.7 Å². The smallest absolute Gasteiger partial charge is 0.410 e. The van der Waals surface area contributed by atoms with E-state index in [4.69, 9.17) is 23.7 Å². The Morgan fingerprint density at radius 2 is 1.72 bits per heavy atom. The number of pyridine rings is 1. The molecule has 1 amide bonds. The molecule has 0 radical (unpaired) electrons. The fraction of sp³-hybridized carbons (Fsp3) is 0.721. The number of carbonyl (C=O) groups excluding carboxylic acids is 4. The Labute approximate surface area is 343 Å². The van der Waals surface area contributed by atoms with Gasteiger partial charge in [0.2, 0.25) is 0 Å². The van der Waals surface area contributed by atoms with Crippen LogP contribution in [0.25, 0.3) is 11.3 Å². The summed E-state index contributed by atoms with van der Waals surface area (Å²) in [4.78, 5) is 69.0. The van der Waals surface area contributed by atoms with Gasteiger partial charge in [-0.3, -0.25) is 19.4 Å². The van der Waals surface area contributed by atoms with Crippen molar-refractivity contribution in [2.75, 3.05) is 27.7 Å². The predicted octanol–water partition coefficient (Wildman–Crippen LogP) is 4.93. The van der Waals surface area contributed by atoms with Crippen LogP contribution in [0.15, 0.2) is 37.1 Å². The summed E-state index contributed by atoms with van der Waals surface area (Å²) in [5.41, 5.74) is -0.938. The number of aliphatic hydroxyl groups excluding tert-OH is 1. The first kappa shape index (κ1) is 45.3. The molecule has 15 nitrogen and oxygen atoms in total. The summed E-state index contributed by atoms with van der Waals surface area (Å²) in [5.74, 6) is -4.95. The largest absolute Gasteiger partial charge is 0.458 e. The first-order valence-corrected chi connectivity index (χ1v) is 20.8. The molecule has 2 aromatic heterocycles. The number of hydrogen-bond donors (Lipinski definition) is 1. The number of likely N-dealkylation sites (N-methyl/N-ethyl adjacent to an activating group) is 1. The van der Waals surface area contributed by atoms with Crippen molar-refractivity contribution in [3.05, 3.63) is 37.1 Å². The third-order valence-corrected chi connectivity index (χ3v) is 12.8. The molecule has 0 aromatic carbocycles. The van der Waals surface area contributed by atoms with Crippen LogP contribution in [0.2, 0.25) is 0 Å². The molecular weight excluding hydrogens is 746 g/mol. The molecule has 3 aliphatic heterocycles. The van der Waals surface area contributed by atoms with Crippen LogP contribution >= 0.6 is 0 Å². The van der Waals surface area contributed by atoms with Crippen molar-refractivity contribution < 1.29 is 48.0 Å². The highest BCUT2D eigenvalue weighted by atomic mass is 16.7. The van der Waals surface area contributed by atoms with Crippen LogP contribution in [0.3, 0.4) is 0 Å². The van der Waals surface area contributed by atoms with E-state index < -0.39 is 83.4 Å². The van der Waals surface area contributed by atoms with Gasteiger partial charge in [-0.15, -0.1) is 0 Å². The highest BCUT2D eigenvalue weighted by Crippen LogP contribution is 2.43. The van der Waals surface area contributed by atoms with E-state index in [1.54, 1.807) is 51.3 Å². The molecule has 0 aliphatic carbocycles. The Morgan fingerprint density at radius 3 is 2.36 bits per heavy atom. The van der Waals surface area contributed by atoms with Crippen molar-refractivity contribution in [1.29, 1.82) is 0 Å². The van der Waals surface area contributed by atoms with E-state index in [0.29, 0.717) is 32.4 Å². The SMILES string of the molecule is CC[C@H]1OC(=O)[C@H](C)C(=O)[C@H](C)[C@@H](O[C@H]2O[C@H](C)C[C@H](N(C)C)[C@H]2O)[C@@](C)(OC)C[C@@H](C)C(=O)[C@@H](C)[C@H]2N(CCCCn3cnc(-c4cccnc4)c3)C(=O)O[C@]12C. The average molecular weight is 812 g/mol. The maximum Gasteiger partial charge on any atom is 0.410 e. The third-order valence-electron chi connectivity index (χ3n) is 12.8. The Morgan fingerprint density at radius 1 is 1.02 bits per heavy atom. The monoisotopic (exact) mass is 811 g/mol. The van der Waals surface area contributed by atoms with Crippen LogP contribution in [0.4, 0.5) is 4.79 Å². The van der Waals surface area contributed by atoms with Gasteiger partial charge in [0, 0.05) is 68.1 Å². The molecule has 58 heavy (non-hydrogen) atoms. The van der Waals surface area contributed by atoms with Crippen LogP contribution in [0.5, 0.6) is 0 Å². The number of carbonyl (C=O) groups is 4. The molecule has 3 saturated heterocycles. The van der Waals surface area contributed by atoms with Crippen LogP contribution in [-0.4, -0.2) is 135 Å². The number of Topliss-reactive ketones (excluding diaryl/α,β-unsaturated/α-hetero) is 2. The molecule has 1 N–H and O–H groups in total. The molecule has 3 aliphatic rings. The molecule has 13 atom stereocenters. The molecule has 322 valence electrons. The first-order chi connectivity index (χ1) is 27.4. The Balaban J connectivity index is 1.43. The summed E-state index contributed by atoms with van der Waals surface area (Å²) < 4.78 is 33.2. The Bertz CT molecular complexity index is 1740. The lowest BCUT2D eigenvalue weighted by molar-refractivity contribution is -0.295. The number of methoxy groups -OCH3 is 1. The molecular formula is C43H65N5O10. The topological polar surface area (TPSA) is 172 Å². The molecule has 2 aromatic rings. The van der Waals surface area contributed by atoms with Gasteiger partial charge in [0.05, 0.1) is 35.9 Å². The van der Waals surface area contributed by atoms with E-state index in [2.05, 4.69) is 9.97 Å². The maximum absolute atomic E-state index is 14.7. The van der Waals surface area contributed by atoms with E-state index in [1.807, 2.05) is 62.7 Å². The first-order valence-electron chi connectivity index (χ1n) is 20.8. The number of aryl methyl sites for hydroxylation is 1. The van der Waals surface area contributed by atoms with Crippen LogP contribution in [-0.2, 0) is 44.6 Å². The molecule has 0 unspecified atom stereocenters. The van der Waals surface area contributed by atoms with Gasteiger partial charge in [-0.05, 0) is 86.0 Å². The lowest BCUT2D eigenvalue weighted by Gasteiger charge is -2.47. The molecule has 0 saturated carbocycles. The second kappa shape index (κ2) is 18.7. The zero-order chi connectivity index (χ0) is 42.7. The molecule has 15 heteroatoms. The van der Waals surface area contributed by atoms with Crippen molar-refractivity contribution in [3.63, 3.8) is 0 Å². The van der Waals surface area contributed by atoms with Crippen molar-refractivity contribution >= 4 is 23.6 Å². The molecule has 3 fully saturated rings. The number of cyclic esters (lactones) is 1. The number of hydrogen-bond acceptors (Lipinski definition) is 13. The minimum absolute atomic E-state index is 0.130. The summed E-state index contributed by atoms with van der Waals surface area (Å²) in [7, 11) is 5.24. The Kier molecular flexibility index (Phi) is 14.6. The number of aromatic nitrogens is 3. The van der Waals surface area contributed by atoms with E-state index in [0.717, 1.165) is 11.3 Å². The summed E-state index contributed by atoms with van der Waals surface area (Å²) in [5, 5.41) is 11.4. The van der Waals surface area contributed by atoms with E-state index in [1.165, 1.54) is 14.0 Å². The number of imidazole rings is 1. The molecule has 5 heterocycles. The maximum atomic E-state index is 14.7. The van der Waals surface area contributed by atoms with Gasteiger partial charge in [-0.2, -0.15) is 0 Å². The van der Waals surface area contributed by atoms with Crippen molar-refractivity contribution in [1.82, 2.24) is 24.3 Å². The van der Waals surface area contributed by atoms with Gasteiger partial charge in [0.1, 0.15) is 23.9 Å². The van der Waals surface area contributed by atoms with Gasteiger partial charge in [0.15, 0.2) is 17.7 Å². The number of aliphatic hydroxyl groups is 1. The second-order valence-electron chi connectivity index (χ2n) is 17.3. The quantitative estimate of drug-likeness (QED) is 0.184. The van der Waals surface area contributed by atoms with E-state index >= 15 is 0 Å². The number of nitrogens with zero attached hydrogens (tertiary/aromatic N) is 5. The fourth-order valence-electron chi connectivity index (χ4n) is 9.43. The van der Waals surface area contributed by atoms with Crippen molar-refractivity contribution in [2.24, 2.45) is 23.7 Å². The summed E-state index contributed by atoms with van der Waals surface area (Å²) >= 11 is 0. The lowest BCUT2D eigenvalue weighted by atomic mass is 9.73. The summed E-state index contributed by atoms with van der Waals surface area (Å²) in [6.45, 7) is 14.9.